The number of piperidine rings is 1. The Labute approximate surface area is 209 Å². The SMILES string of the molecule is Cc1ccc(OCc2ncccc2F)cc1N1Cc2ccc(C(=O)N3CCCC(O)C3)cc2NC1=O.[HH]. The predicted molar refractivity (Wildman–Crippen MR) is 135 cm³/mol. The van der Waals surface area contributed by atoms with Gasteiger partial charge in [-0.25, -0.2) is 9.18 Å². The molecule has 5 rings (SSSR count). The van der Waals surface area contributed by atoms with Crippen molar-refractivity contribution < 1.29 is 25.2 Å². The number of amides is 3. The third-order valence-electron chi connectivity index (χ3n) is 6.54. The maximum atomic E-state index is 13.9. The summed E-state index contributed by atoms with van der Waals surface area (Å²) in [6.07, 6.45) is 2.47. The second kappa shape index (κ2) is 9.94. The highest BCUT2D eigenvalue weighted by Crippen LogP contribution is 2.33. The Hall–Kier alpha value is -3.98. The molecule has 2 N–H and O–H groups in total. The first-order valence-electron chi connectivity index (χ1n) is 11.9. The van der Waals surface area contributed by atoms with Crippen LogP contribution in [0.1, 0.15) is 41.4 Å². The van der Waals surface area contributed by atoms with Crippen LogP contribution in [0.4, 0.5) is 20.6 Å². The summed E-state index contributed by atoms with van der Waals surface area (Å²) in [4.78, 5) is 33.2. The molecule has 36 heavy (non-hydrogen) atoms. The molecule has 8 nitrogen and oxygen atoms in total. The largest absolute Gasteiger partial charge is 0.487 e. The summed E-state index contributed by atoms with van der Waals surface area (Å²) < 4.78 is 19.6. The lowest BCUT2D eigenvalue weighted by atomic mass is 10.0. The Bertz CT molecular complexity index is 1320. The number of fused-ring (bicyclic) bond motifs is 1. The van der Waals surface area contributed by atoms with Gasteiger partial charge >= 0.3 is 6.03 Å². The van der Waals surface area contributed by atoms with Gasteiger partial charge in [0.2, 0.25) is 0 Å². The fourth-order valence-corrected chi connectivity index (χ4v) is 4.55. The van der Waals surface area contributed by atoms with Gasteiger partial charge in [-0.3, -0.25) is 14.7 Å². The van der Waals surface area contributed by atoms with Gasteiger partial charge in [-0.1, -0.05) is 12.1 Å². The first-order chi connectivity index (χ1) is 17.4. The van der Waals surface area contributed by atoms with Crippen molar-refractivity contribution in [2.75, 3.05) is 23.3 Å². The van der Waals surface area contributed by atoms with E-state index in [1.54, 1.807) is 34.1 Å². The van der Waals surface area contributed by atoms with Crippen LogP contribution in [-0.2, 0) is 13.2 Å². The first-order valence-corrected chi connectivity index (χ1v) is 11.9. The number of ether oxygens (including phenoxy) is 1. The summed E-state index contributed by atoms with van der Waals surface area (Å²) >= 11 is 0. The van der Waals surface area contributed by atoms with Crippen molar-refractivity contribution >= 4 is 23.3 Å². The van der Waals surface area contributed by atoms with Crippen LogP contribution in [0.2, 0.25) is 0 Å². The van der Waals surface area contributed by atoms with Crippen LogP contribution in [0.15, 0.2) is 54.7 Å². The second-order valence-corrected chi connectivity index (χ2v) is 9.10. The Morgan fingerprint density at radius 2 is 2.14 bits per heavy atom. The van der Waals surface area contributed by atoms with Crippen LogP contribution in [0.25, 0.3) is 0 Å². The van der Waals surface area contributed by atoms with Crippen molar-refractivity contribution in [1.82, 2.24) is 9.88 Å². The number of aliphatic hydroxyl groups is 1. The molecule has 1 atom stereocenters. The topological polar surface area (TPSA) is 95.0 Å². The summed E-state index contributed by atoms with van der Waals surface area (Å²) in [6, 6.07) is 13.2. The maximum absolute atomic E-state index is 13.9. The van der Waals surface area contributed by atoms with Crippen molar-refractivity contribution in [3.63, 3.8) is 0 Å². The van der Waals surface area contributed by atoms with E-state index in [9.17, 15) is 19.1 Å². The van der Waals surface area contributed by atoms with Gasteiger partial charge in [-0.05, 0) is 61.2 Å². The molecule has 188 valence electrons. The van der Waals surface area contributed by atoms with Gasteiger partial charge in [0.15, 0.2) is 0 Å². The van der Waals surface area contributed by atoms with E-state index in [-0.39, 0.29) is 25.7 Å². The Kier molecular flexibility index (Phi) is 6.56. The molecule has 1 fully saturated rings. The van der Waals surface area contributed by atoms with Gasteiger partial charge < -0.3 is 20.1 Å². The molecule has 2 aliphatic rings. The zero-order chi connectivity index (χ0) is 25.2. The number of β-amino-alcohol motifs (C(OH)–C–C–N with tert-alkyl or cyclic N) is 1. The number of hydrogen-bond acceptors (Lipinski definition) is 5. The molecule has 2 aromatic carbocycles. The smallest absolute Gasteiger partial charge is 0.326 e. The highest BCUT2D eigenvalue weighted by atomic mass is 19.1. The van der Waals surface area contributed by atoms with Crippen LogP contribution in [-0.4, -0.2) is 46.1 Å². The van der Waals surface area contributed by atoms with Crippen LogP contribution < -0.4 is 15.0 Å². The Morgan fingerprint density at radius 3 is 2.94 bits per heavy atom. The third kappa shape index (κ3) is 4.87. The molecule has 0 bridgehead atoms. The van der Waals surface area contributed by atoms with Gasteiger partial charge in [-0.15, -0.1) is 0 Å². The first kappa shape index (κ1) is 23.7. The summed E-state index contributed by atoms with van der Waals surface area (Å²) in [6.45, 7) is 3.11. The normalized spacial score (nSPS) is 17.4. The quantitative estimate of drug-likeness (QED) is 0.547. The number of benzene rings is 2. The van der Waals surface area contributed by atoms with Gasteiger partial charge in [0.25, 0.3) is 5.91 Å². The third-order valence-corrected chi connectivity index (χ3v) is 6.54. The standard InChI is InChI=1S/C27H27FN4O4.H2/c1-17-6-9-21(36-16-24-22(28)5-2-10-29-24)13-25(17)32-14-19-8-7-18(12-23(19)30-27(32)35)26(34)31-11-3-4-20(33)15-31;/h2,5-10,12-13,20,33H,3-4,11,14-16H2,1H3,(H,30,35);1H. The van der Waals surface area contributed by atoms with E-state index in [4.69, 9.17) is 4.74 Å². The number of anilines is 2. The van der Waals surface area contributed by atoms with Crippen LogP contribution in [0.5, 0.6) is 5.75 Å². The Morgan fingerprint density at radius 1 is 1.28 bits per heavy atom. The average molecular weight is 493 g/mol. The molecule has 0 radical (unpaired) electrons. The molecule has 0 aliphatic carbocycles. The van der Waals surface area contributed by atoms with E-state index in [0.717, 1.165) is 17.5 Å². The number of pyridine rings is 1. The lowest BCUT2D eigenvalue weighted by molar-refractivity contribution is 0.0474. The molecule has 9 heteroatoms. The molecule has 2 aliphatic heterocycles. The number of aliphatic hydroxyl groups excluding tert-OH is 1. The zero-order valence-corrected chi connectivity index (χ0v) is 19.9. The fraction of sp³-hybridized carbons (Fsp3) is 0.296. The van der Waals surface area contributed by atoms with Crippen LogP contribution in [0, 0.1) is 12.7 Å². The minimum absolute atomic E-state index is 0. The minimum atomic E-state index is -0.500. The highest BCUT2D eigenvalue weighted by molar-refractivity contribution is 6.06. The molecule has 1 saturated heterocycles. The molecule has 0 saturated carbocycles. The van der Waals surface area contributed by atoms with Gasteiger partial charge in [0, 0.05) is 38.0 Å². The van der Waals surface area contributed by atoms with Crippen molar-refractivity contribution in [2.24, 2.45) is 0 Å². The highest BCUT2D eigenvalue weighted by Gasteiger charge is 2.28. The summed E-state index contributed by atoms with van der Waals surface area (Å²) in [5.74, 6) is -0.103. The minimum Gasteiger partial charge on any atom is -0.487 e. The number of aromatic nitrogens is 1. The number of carbonyl (C=O) groups excluding carboxylic acids is 2. The second-order valence-electron chi connectivity index (χ2n) is 9.10. The van der Waals surface area contributed by atoms with E-state index in [0.29, 0.717) is 48.7 Å². The molecular formula is C27H29FN4O4. The number of rotatable bonds is 5. The molecule has 1 aromatic heterocycles. The van der Waals surface area contributed by atoms with Crippen molar-refractivity contribution in [3.8, 4) is 5.75 Å². The van der Waals surface area contributed by atoms with E-state index < -0.39 is 11.9 Å². The van der Waals surface area contributed by atoms with Gasteiger partial charge in [0.05, 0.1) is 18.3 Å². The fourth-order valence-electron chi connectivity index (χ4n) is 4.55. The number of carbonyl (C=O) groups is 2. The number of likely N-dealkylation sites (tertiary alicyclic amines) is 1. The van der Waals surface area contributed by atoms with Gasteiger partial charge in [0.1, 0.15) is 23.9 Å². The number of halogens is 1. The average Bonchev–Trinajstić information content (AvgIpc) is 2.88. The van der Waals surface area contributed by atoms with Crippen LogP contribution >= 0.6 is 0 Å². The number of hydrogen-bond donors (Lipinski definition) is 2. The number of nitrogens with one attached hydrogen (secondary N) is 1. The maximum Gasteiger partial charge on any atom is 0.326 e. The monoisotopic (exact) mass is 492 g/mol. The summed E-state index contributed by atoms with van der Waals surface area (Å²) in [5, 5.41) is 12.8. The van der Waals surface area contributed by atoms with E-state index in [1.165, 1.54) is 18.3 Å². The van der Waals surface area contributed by atoms with Crippen molar-refractivity contribution in [1.29, 1.82) is 0 Å². The van der Waals surface area contributed by atoms with Crippen molar-refractivity contribution in [3.05, 3.63) is 82.9 Å². The molecule has 3 aromatic rings. The number of nitrogens with zero attached hydrogens (tertiary/aromatic N) is 3. The molecule has 3 heterocycles. The van der Waals surface area contributed by atoms with E-state index in [2.05, 4.69) is 10.3 Å². The van der Waals surface area contributed by atoms with Crippen molar-refractivity contribution in [2.45, 2.75) is 39.0 Å². The molecule has 3 amide bonds. The molecular weight excluding hydrogens is 463 g/mol. The van der Waals surface area contributed by atoms with Gasteiger partial charge in [-0.2, -0.15) is 0 Å². The Balaban J connectivity index is 0.00000320. The van der Waals surface area contributed by atoms with Crippen LogP contribution in [0.3, 0.4) is 0 Å². The summed E-state index contributed by atoms with van der Waals surface area (Å²) in [7, 11) is 0. The molecule has 0 spiro atoms. The lowest BCUT2D eigenvalue weighted by Crippen LogP contribution is -2.42. The predicted octanol–water partition coefficient (Wildman–Crippen LogP) is 4.50. The number of urea groups is 1. The summed E-state index contributed by atoms with van der Waals surface area (Å²) in [5.41, 5.74) is 3.68. The zero-order valence-electron chi connectivity index (χ0n) is 19.9. The number of aryl methyl sites for hydroxylation is 1. The van der Waals surface area contributed by atoms with E-state index >= 15 is 0 Å². The molecule has 1 unspecified atom stereocenters. The van der Waals surface area contributed by atoms with E-state index in [1.807, 2.05) is 19.1 Å². The lowest BCUT2D eigenvalue weighted by Gasteiger charge is -2.32.